The van der Waals surface area contributed by atoms with Crippen molar-refractivity contribution in [1.29, 1.82) is 5.26 Å². The van der Waals surface area contributed by atoms with E-state index < -0.39 is 11.5 Å². The predicted molar refractivity (Wildman–Crippen MR) is 110 cm³/mol. The van der Waals surface area contributed by atoms with Crippen molar-refractivity contribution in [2.24, 2.45) is 7.05 Å². The van der Waals surface area contributed by atoms with Gasteiger partial charge in [0.25, 0.3) is 5.56 Å². The first kappa shape index (κ1) is 20.3. The van der Waals surface area contributed by atoms with Crippen LogP contribution in [0.25, 0.3) is 17.2 Å². The smallest absolute Gasteiger partial charge is 0.359 e. The maximum atomic E-state index is 13.0. The lowest BCUT2D eigenvalue weighted by Gasteiger charge is -2.13. The molecular weight excluding hydrogens is 424 g/mol. The van der Waals surface area contributed by atoms with E-state index in [1.165, 1.54) is 25.9 Å². The zero-order valence-electron chi connectivity index (χ0n) is 16.7. The highest BCUT2D eigenvalue weighted by Crippen LogP contribution is 2.36. The monoisotopic (exact) mass is 440 g/mol. The molecule has 3 heterocycles. The number of benzene rings is 1. The van der Waals surface area contributed by atoms with Crippen LogP contribution in [0.15, 0.2) is 28.0 Å². The molecule has 1 aromatic carbocycles. The minimum absolute atomic E-state index is 0.0101. The van der Waals surface area contributed by atoms with Gasteiger partial charge in [0.2, 0.25) is 12.7 Å². The SMILES string of the molecule is COC(=O)c1c(N)c(SC)nn1-c1nc(-c2ccc3c(c2)OCO3)c(C#N)c(=O)n1C. The molecule has 0 saturated heterocycles. The summed E-state index contributed by atoms with van der Waals surface area (Å²) >= 11 is 1.22. The second kappa shape index (κ2) is 7.69. The Morgan fingerprint density at radius 3 is 2.77 bits per heavy atom. The molecule has 12 heteroatoms. The third-order valence-corrected chi connectivity index (χ3v) is 5.36. The van der Waals surface area contributed by atoms with Crippen molar-refractivity contribution < 1.29 is 19.0 Å². The van der Waals surface area contributed by atoms with Gasteiger partial charge in [0, 0.05) is 12.6 Å². The van der Waals surface area contributed by atoms with Gasteiger partial charge < -0.3 is 19.9 Å². The van der Waals surface area contributed by atoms with Crippen LogP contribution in [-0.4, -0.2) is 45.5 Å². The number of methoxy groups -OCH3 is 1. The molecule has 2 N–H and O–H groups in total. The molecule has 0 saturated carbocycles. The average Bonchev–Trinajstić information content (AvgIpc) is 3.38. The first-order valence-electron chi connectivity index (χ1n) is 8.83. The van der Waals surface area contributed by atoms with Crippen LogP contribution >= 0.6 is 11.8 Å². The number of nitrogens with zero attached hydrogens (tertiary/aromatic N) is 5. The Labute approximate surface area is 180 Å². The Bertz CT molecular complexity index is 1320. The average molecular weight is 440 g/mol. The van der Waals surface area contributed by atoms with Gasteiger partial charge in [0.1, 0.15) is 16.7 Å². The summed E-state index contributed by atoms with van der Waals surface area (Å²) < 4.78 is 17.8. The van der Waals surface area contributed by atoms with Crippen LogP contribution in [0.2, 0.25) is 0 Å². The number of hydrogen-bond acceptors (Lipinski definition) is 10. The van der Waals surface area contributed by atoms with E-state index in [9.17, 15) is 14.9 Å². The van der Waals surface area contributed by atoms with E-state index >= 15 is 0 Å². The molecule has 0 amide bonds. The summed E-state index contributed by atoms with van der Waals surface area (Å²) in [6.07, 6.45) is 1.74. The van der Waals surface area contributed by atoms with E-state index in [4.69, 9.17) is 19.9 Å². The highest BCUT2D eigenvalue weighted by Gasteiger charge is 2.27. The minimum Gasteiger partial charge on any atom is -0.464 e. The summed E-state index contributed by atoms with van der Waals surface area (Å²) in [5.74, 6) is 0.259. The van der Waals surface area contributed by atoms with Crippen molar-refractivity contribution in [1.82, 2.24) is 19.3 Å². The molecule has 1 aliphatic rings. The highest BCUT2D eigenvalue weighted by atomic mass is 32.2. The van der Waals surface area contributed by atoms with Crippen LogP contribution in [0.5, 0.6) is 11.5 Å². The van der Waals surface area contributed by atoms with Gasteiger partial charge >= 0.3 is 5.97 Å². The van der Waals surface area contributed by atoms with E-state index in [-0.39, 0.29) is 35.4 Å². The number of carbonyl (C=O) groups excluding carboxylic acids is 1. The Morgan fingerprint density at radius 1 is 1.35 bits per heavy atom. The standard InChI is InChI=1S/C19H16N6O5S/c1-24-17(26)10(7-20)14(9-4-5-11-12(6-9)30-8-29-11)22-19(24)25-15(18(27)28-2)13(21)16(23-25)31-3/h4-6H,8,21H2,1-3H3. The van der Waals surface area contributed by atoms with Crippen molar-refractivity contribution in [3.8, 4) is 34.8 Å². The van der Waals surface area contributed by atoms with Crippen molar-refractivity contribution in [3.05, 3.63) is 39.8 Å². The number of ether oxygens (including phenoxy) is 3. The van der Waals surface area contributed by atoms with Gasteiger partial charge in [-0.1, -0.05) is 0 Å². The van der Waals surface area contributed by atoms with Crippen LogP contribution in [0.4, 0.5) is 5.69 Å². The third-order valence-electron chi connectivity index (χ3n) is 4.67. The van der Waals surface area contributed by atoms with Gasteiger partial charge in [-0.25, -0.2) is 9.78 Å². The molecule has 0 spiro atoms. The minimum atomic E-state index is -0.742. The van der Waals surface area contributed by atoms with Gasteiger partial charge in [0.05, 0.1) is 18.5 Å². The number of hydrogen-bond donors (Lipinski definition) is 1. The first-order chi connectivity index (χ1) is 14.9. The summed E-state index contributed by atoms with van der Waals surface area (Å²) in [6, 6.07) is 6.85. The lowest BCUT2D eigenvalue weighted by Crippen LogP contribution is -2.28. The summed E-state index contributed by atoms with van der Waals surface area (Å²) in [7, 11) is 2.63. The molecule has 0 fully saturated rings. The summed E-state index contributed by atoms with van der Waals surface area (Å²) in [5.41, 5.74) is 5.89. The first-order valence-corrected chi connectivity index (χ1v) is 10.1. The molecule has 0 aliphatic carbocycles. The maximum Gasteiger partial charge on any atom is 0.359 e. The number of carbonyl (C=O) groups is 1. The molecule has 0 bridgehead atoms. The lowest BCUT2D eigenvalue weighted by atomic mass is 10.1. The summed E-state index contributed by atoms with van der Waals surface area (Å²) in [6.45, 7) is 0.0750. The second-order valence-corrected chi connectivity index (χ2v) is 7.15. The number of aromatic nitrogens is 4. The molecule has 3 aromatic rings. The van der Waals surface area contributed by atoms with Crippen LogP contribution in [0.1, 0.15) is 16.1 Å². The molecule has 0 unspecified atom stereocenters. The molecule has 11 nitrogen and oxygen atoms in total. The van der Waals surface area contributed by atoms with Gasteiger partial charge in [-0.05, 0) is 24.5 Å². The Hall–Kier alpha value is -3.98. The number of esters is 1. The Kier molecular flexibility index (Phi) is 5.04. The number of nitrogens with two attached hydrogens (primary N) is 1. The number of anilines is 1. The van der Waals surface area contributed by atoms with E-state index in [0.717, 1.165) is 9.25 Å². The maximum absolute atomic E-state index is 13.0. The van der Waals surface area contributed by atoms with Crippen molar-refractivity contribution in [2.75, 3.05) is 25.9 Å². The van der Waals surface area contributed by atoms with Crippen molar-refractivity contribution >= 4 is 23.4 Å². The number of nitriles is 1. The topological polar surface area (TPSA) is 147 Å². The van der Waals surface area contributed by atoms with Gasteiger partial charge in [-0.3, -0.25) is 9.36 Å². The number of fused-ring (bicyclic) bond motifs is 1. The predicted octanol–water partition coefficient (Wildman–Crippen LogP) is 1.32. The number of nitrogen functional groups attached to an aromatic ring is 1. The van der Waals surface area contributed by atoms with E-state index in [0.29, 0.717) is 22.1 Å². The van der Waals surface area contributed by atoms with Crippen LogP contribution in [0, 0.1) is 11.3 Å². The molecule has 2 aromatic heterocycles. The van der Waals surface area contributed by atoms with Gasteiger partial charge in [-0.2, -0.15) is 15.0 Å². The molecule has 1 aliphatic heterocycles. The molecule has 158 valence electrons. The zero-order chi connectivity index (χ0) is 22.3. The molecule has 0 atom stereocenters. The fourth-order valence-electron chi connectivity index (χ4n) is 3.13. The summed E-state index contributed by atoms with van der Waals surface area (Å²) in [4.78, 5) is 29.9. The van der Waals surface area contributed by atoms with Crippen LogP contribution in [0.3, 0.4) is 0 Å². The molecule has 0 radical (unpaired) electrons. The van der Waals surface area contributed by atoms with Crippen molar-refractivity contribution in [3.63, 3.8) is 0 Å². The Balaban J connectivity index is 2.01. The van der Waals surface area contributed by atoms with E-state index in [2.05, 4.69) is 10.1 Å². The fraction of sp³-hybridized carbons (Fsp3) is 0.211. The summed E-state index contributed by atoms with van der Waals surface area (Å²) in [5, 5.41) is 14.3. The largest absolute Gasteiger partial charge is 0.464 e. The second-order valence-electron chi connectivity index (χ2n) is 6.35. The third kappa shape index (κ3) is 3.15. The van der Waals surface area contributed by atoms with Gasteiger partial charge in [0.15, 0.2) is 17.2 Å². The normalized spacial score (nSPS) is 11.9. The van der Waals surface area contributed by atoms with Crippen LogP contribution < -0.4 is 20.8 Å². The quantitative estimate of drug-likeness (QED) is 0.465. The zero-order valence-corrected chi connectivity index (χ0v) is 17.5. The molecule has 4 rings (SSSR count). The lowest BCUT2D eigenvalue weighted by molar-refractivity contribution is 0.0591. The Morgan fingerprint density at radius 2 is 2.10 bits per heavy atom. The fourth-order valence-corrected chi connectivity index (χ4v) is 3.61. The van der Waals surface area contributed by atoms with Gasteiger partial charge in [-0.15, -0.1) is 11.8 Å². The highest BCUT2D eigenvalue weighted by molar-refractivity contribution is 7.98. The number of thioether (sulfide) groups is 1. The van der Waals surface area contributed by atoms with Crippen molar-refractivity contribution in [2.45, 2.75) is 5.03 Å². The van der Waals surface area contributed by atoms with E-state index in [1.54, 1.807) is 24.5 Å². The van der Waals surface area contributed by atoms with Crippen LogP contribution in [-0.2, 0) is 11.8 Å². The molecule has 31 heavy (non-hydrogen) atoms. The molecular formula is C19H16N6O5S. The van der Waals surface area contributed by atoms with E-state index in [1.807, 2.05) is 6.07 Å². The number of rotatable bonds is 4.